The van der Waals surface area contributed by atoms with Crippen LogP contribution in [-0.4, -0.2) is 27.3 Å². The van der Waals surface area contributed by atoms with E-state index in [1.54, 1.807) is 30.5 Å². The Morgan fingerprint density at radius 2 is 1.97 bits per heavy atom. The highest BCUT2D eigenvalue weighted by Crippen LogP contribution is 2.28. The minimum Gasteiger partial charge on any atom is -0.467 e. The van der Waals surface area contributed by atoms with E-state index in [9.17, 15) is 14.0 Å². The zero-order valence-electron chi connectivity index (χ0n) is 16.6. The number of benzene rings is 2. The average molecular weight is 417 g/mol. The second kappa shape index (κ2) is 7.75. The fourth-order valence-electron chi connectivity index (χ4n) is 4.09. The first kappa shape index (κ1) is 19.1. The third-order valence-corrected chi connectivity index (χ3v) is 5.58. The smallest absolute Gasteiger partial charge is 0.271 e. The van der Waals surface area contributed by atoms with Crippen molar-refractivity contribution in [3.05, 3.63) is 95.8 Å². The number of hydrogen-bond acceptors (Lipinski definition) is 3. The molecule has 4 aromatic rings. The molecular weight excluding hydrogens is 397 g/mol. The van der Waals surface area contributed by atoms with E-state index in [0.717, 1.165) is 10.9 Å². The van der Waals surface area contributed by atoms with Crippen molar-refractivity contribution < 1.29 is 18.4 Å². The molecule has 0 unspecified atom stereocenters. The van der Waals surface area contributed by atoms with Crippen molar-refractivity contribution in [2.75, 3.05) is 0 Å². The summed E-state index contributed by atoms with van der Waals surface area (Å²) in [5.74, 6) is -0.302. The van der Waals surface area contributed by atoms with E-state index in [1.165, 1.54) is 17.0 Å². The van der Waals surface area contributed by atoms with Gasteiger partial charge in [0.05, 0.1) is 19.4 Å². The number of carbonyl (C=O) groups is 2. The Morgan fingerprint density at radius 3 is 2.77 bits per heavy atom. The van der Waals surface area contributed by atoms with E-state index in [2.05, 4.69) is 5.32 Å². The van der Waals surface area contributed by atoms with Crippen LogP contribution in [0.4, 0.5) is 4.39 Å². The molecule has 1 aliphatic rings. The highest BCUT2D eigenvalue weighted by molar-refractivity contribution is 6.02. The van der Waals surface area contributed by atoms with Gasteiger partial charge in [-0.3, -0.25) is 9.59 Å². The molecule has 2 aromatic carbocycles. The molecule has 7 heteroatoms. The Morgan fingerprint density at radius 1 is 1.10 bits per heavy atom. The first-order valence-corrected chi connectivity index (χ1v) is 10.0. The minimum absolute atomic E-state index is 0.136. The van der Waals surface area contributed by atoms with Crippen LogP contribution in [0.3, 0.4) is 0 Å². The zero-order valence-corrected chi connectivity index (χ0v) is 16.6. The standard InChI is InChI=1S/C24H20FN3O3/c25-18-7-3-5-16(11-18)14-28-22(23(29)26-13-19-8-4-10-31-19)15-27-20-9-2-1-6-17(20)12-21(27)24(28)30/h1-12,22H,13-15H2,(H,26,29)/t22-/m0/s1. The monoisotopic (exact) mass is 417 g/mol. The maximum absolute atomic E-state index is 13.7. The topological polar surface area (TPSA) is 67.5 Å². The molecule has 0 saturated heterocycles. The molecule has 0 aliphatic carbocycles. The van der Waals surface area contributed by atoms with E-state index < -0.39 is 6.04 Å². The summed E-state index contributed by atoms with van der Waals surface area (Å²) < 4.78 is 20.9. The van der Waals surface area contributed by atoms with Crippen LogP contribution in [0.1, 0.15) is 21.8 Å². The van der Waals surface area contributed by atoms with Crippen LogP contribution in [-0.2, 0) is 24.4 Å². The fraction of sp³-hybridized carbons (Fsp3) is 0.167. The first-order valence-electron chi connectivity index (χ1n) is 10.0. The number of furan rings is 1. The second-order valence-corrected chi connectivity index (χ2v) is 7.57. The lowest BCUT2D eigenvalue weighted by atomic mass is 10.1. The quantitative estimate of drug-likeness (QED) is 0.538. The van der Waals surface area contributed by atoms with Gasteiger partial charge in [-0.1, -0.05) is 30.3 Å². The molecule has 1 atom stereocenters. The number of para-hydroxylation sites is 1. The van der Waals surface area contributed by atoms with Crippen molar-refractivity contribution in [1.29, 1.82) is 0 Å². The Bertz CT molecular complexity index is 1260. The van der Waals surface area contributed by atoms with Gasteiger partial charge in [0, 0.05) is 17.4 Å². The Balaban J connectivity index is 1.50. The summed E-state index contributed by atoms with van der Waals surface area (Å²) in [6, 6.07) is 18.4. The first-order chi connectivity index (χ1) is 15.1. The number of nitrogens with zero attached hydrogens (tertiary/aromatic N) is 2. The molecule has 0 bridgehead atoms. The molecule has 156 valence electrons. The number of hydrogen-bond donors (Lipinski definition) is 1. The van der Waals surface area contributed by atoms with Crippen LogP contribution in [0.15, 0.2) is 77.4 Å². The van der Waals surface area contributed by atoms with Gasteiger partial charge in [-0.2, -0.15) is 0 Å². The summed E-state index contributed by atoms with van der Waals surface area (Å²) in [4.78, 5) is 28.1. The van der Waals surface area contributed by atoms with E-state index in [-0.39, 0.29) is 30.7 Å². The molecule has 31 heavy (non-hydrogen) atoms. The molecule has 0 radical (unpaired) electrons. The molecule has 0 saturated carbocycles. The number of amides is 2. The highest BCUT2D eigenvalue weighted by Gasteiger charge is 2.37. The molecule has 5 rings (SSSR count). The third kappa shape index (κ3) is 3.59. The van der Waals surface area contributed by atoms with Gasteiger partial charge >= 0.3 is 0 Å². The predicted octanol–water partition coefficient (Wildman–Crippen LogP) is 3.71. The maximum Gasteiger partial charge on any atom is 0.271 e. The number of nitrogens with one attached hydrogen (secondary N) is 1. The molecule has 2 amide bonds. The van der Waals surface area contributed by atoms with Crippen LogP contribution < -0.4 is 5.32 Å². The van der Waals surface area contributed by atoms with E-state index in [4.69, 9.17) is 4.42 Å². The third-order valence-electron chi connectivity index (χ3n) is 5.58. The summed E-state index contributed by atoms with van der Waals surface area (Å²) in [7, 11) is 0. The summed E-state index contributed by atoms with van der Waals surface area (Å²) >= 11 is 0. The van der Waals surface area contributed by atoms with Crippen LogP contribution in [0.2, 0.25) is 0 Å². The molecule has 6 nitrogen and oxygen atoms in total. The lowest BCUT2D eigenvalue weighted by Crippen LogP contribution is -2.54. The van der Waals surface area contributed by atoms with Crippen LogP contribution >= 0.6 is 0 Å². The Kier molecular flexibility index (Phi) is 4.78. The van der Waals surface area contributed by atoms with Gasteiger partial charge in [-0.25, -0.2) is 4.39 Å². The molecular formula is C24H20FN3O3. The molecule has 1 N–H and O–H groups in total. The molecule has 2 aromatic heterocycles. The van der Waals surface area contributed by atoms with Gasteiger partial charge in [0.2, 0.25) is 5.91 Å². The van der Waals surface area contributed by atoms with Gasteiger partial charge in [0.25, 0.3) is 5.91 Å². The summed E-state index contributed by atoms with van der Waals surface area (Å²) in [6.07, 6.45) is 1.54. The van der Waals surface area contributed by atoms with Crippen LogP contribution in [0, 0.1) is 5.82 Å². The number of halogens is 1. The normalized spacial score (nSPS) is 15.8. The van der Waals surface area contributed by atoms with Crippen LogP contribution in [0.25, 0.3) is 10.9 Å². The van der Waals surface area contributed by atoms with Gasteiger partial charge in [0.1, 0.15) is 23.3 Å². The molecule has 0 fully saturated rings. The Labute approximate surface area is 177 Å². The lowest BCUT2D eigenvalue weighted by molar-refractivity contribution is -0.127. The van der Waals surface area contributed by atoms with E-state index in [0.29, 0.717) is 23.6 Å². The fourth-order valence-corrected chi connectivity index (χ4v) is 4.09. The predicted molar refractivity (Wildman–Crippen MR) is 113 cm³/mol. The Hall–Kier alpha value is -3.87. The van der Waals surface area contributed by atoms with Crippen molar-refractivity contribution in [1.82, 2.24) is 14.8 Å². The largest absolute Gasteiger partial charge is 0.467 e. The van der Waals surface area contributed by atoms with Gasteiger partial charge < -0.3 is 19.2 Å². The van der Waals surface area contributed by atoms with Crippen molar-refractivity contribution in [2.45, 2.75) is 25.7 Å². The SMILES string of the molecule is O=C(NCc1ccco1)[C@@H]1Cn2c(cc3ccccc32)C(=O)N1Cc1cccc(F)c1. The number of rotatable bonds is 5. The van der Waals surface area contributed by atoms with E-state index >= 15 is 0 Å². The summed E-state index contributed by atoms with van der Waals surface area (Å²) in [6.45, 7) is 0.675. The van der Waals surface area contributed by atoms with Crippen molar-refractivity contribution in [3.63, 3.8) is 0 Å². The van der Waals surface area contributed by atoms with Crippen LogP contribution in [0.5, 0.6) is 0 Å². The zero-order chi connectivity index (χ0) is 21.4. The average Bonchev–Trinajstić information content (AvgIpc) is 3.42. The van der Waals surface area contributed by atoms with Gasteiger partial charge in [0.15, 0.2) is 0 Å². The van der Waals surface area contributed by atoms with E-state index in [1.807, 2.05) is 34.9 Å². The number of carbonyl (C=O) groups excluding carboxylic acids is 2. The molecule has 1 aliphatic heterocycles. The highest BCUT2D eigenvalue weighted by atomic mass is 19.1. The summed E-state index contributed by atoms with van der Waals surface area (Å²) in [5.41, 5.74) is 2.05. The maximum atomic E-state index is 13.7. The lowest BCUT2D eigenvalue weighted by Gasteiger charge is -2.36. The number of fused-ring (bicyclic) bond motifs is 3. The van der Waals surface area contributed by atoms with Crippen molar-refractivity contribution in [3.8, 4) is 0 Å². The molecule has 3 heterocycles. The second-order valence-electron chi connectivity index (χ2n) is 7.57. The molecule has 0 spiro atoms. The van der Waals surface area contributed by atoms with Crippen molar-refractivity contribution in [2.24, 2.45) is 0 Å². The van der Waals surface area contributed by atoms with Crippen molar-refractivity contribution >= 4 is 22.7 Å². The number of aromatic nitrogens is 1. The van der Waals surface area contributed by atoms with Gasteiger partial charge in [-0.05, 0) is 42.0 Å². The van der Waals surface area contributed by atoms with Gasteiger partial charge in [-0.15, -0.1) is 0 Å². The minimum atomic E-state index is -0.742. The summed E-state index contributed by atoms with van der Waals surface area (Å²) in [5, 5.41) is 3.80.